The minimum Gasteiger partial charge on any atom is -0.505 e. The number of nitrogens with one attached hydrogen (secondary N) is 1. The van der Waals surface area contributed by atoms with E-state index in [1.54, 1.807) is 49.6 Å². The second-order valence-electron chi connectivity index (χ2n) is 7.29. The maximum atomic E-state index is 12.1. The Hall–Kier alpha value is -2.57. The smallest absolute Gasteiger partial charge is 0.296 e. The summed E-state index contributed by atoms with van der Waals surface area (Å²) in [7, 11) is -3.26. The van der Waals surface area contributed by atoms with Gasteiger partial charge in [-0.1, -0.05) is 23.2 Å². The van der Waals surface area contributed by atoms with E-state index in [1.807, 2.05) is 0 Å². The average molecular weight is 557 g/mol. The number of hydrogen-bond acceptors (Lipinski definition) is 8. The molecule has 4 aromatic carbocycles. The fourth-order valence-electron chi connectivity index (χ4n) is 3.30. The van der Waals surface area contributed by atoms with Crippen LogP contribution in [0.1, 0.15) is 0 Å². The molecule has 36 heavy (non-hydrogen) atoms. The minimum atomic E-state index is -4.82. The van der Waals surface area contributed by atoms with E-state index in [-0.39, 0.29) is 50.7 Å². The zero-order chi connectivity index (χ0) is 25.3. The van der Waals surface area contributed by atoms with Gasteiger partial charge in [0.15, 0.2) is 11.5 Å². The van der Waals surface area contributed by atoms with Crippen LogP contribution in [0.3, 0.4) is 0 Å². The fourth-order valence-corrected chi connectivity index (χ4v) is 4.44. The van der Waals surface area contributed by atoms with E-state index >= 15 is 0 Å². The van der Waals surface area contributed by atoms with Gasteiger partial charge >= 0.3 is 0 Å². The molecule has 9 nitrogen and oxygen atoms in total. The molecule has 0 spiro atoms. The predicted molar refractivity (Wildman–Crippen MR) is 140 cm³/mol. The summed E-state index contributed by atoms with van der Waals surface area (Å²) >= 11 is 11.8. The molecule has 0 aliphatic carbocycles. The van der Waals surface area contributed by atoms with Crippen molar-refractivity contribution < 1.29 is 27.9 Å². The molecule has 0 atom stereocenters. The largest absolute Gasteiger partial charge is 0.505 e. The van der Waals surface area contributed by atoms with E-state index in [1.165, 1.54) is 12.1 Å². The topological polar surface area (TPSA) is 141 Å². The molecule has 4 N–H and O–H groups in total. The van der Waals surface area contributed by atoms with E-state index in [4.69, 9.17) is 27.9 Å². The maximum absolute atomic E-state index is 12.1. The molecule has 0 aromatic heterocycles. The van der Waals surface area contributed by atoms with Gasteiger partial charge in [0.25, 0.3) is 10.1 Å². The molecule has 13 heteroatoms. The molecule has 181 valence electrons. The Morgan fingerprint density at radius 1 is 0.889 bits per heavy atom. The molecular weight excluding hydrogens is 540 g/mol. The van der Waals surface area contributed by atoms with Gasteiger partial charge in [-0.15, -0.1) is 10.2 Å². The van der Waals surface area contributed by atoms with Crippen molar-refractivity contribution in [3.05, 3.63) is 70.7 Å². The zero-order valence-corrected chi connectivity index (χ0v) is 23.2. The summed E-state index contributed by atoms with van der Waals surface area (Å²) in [6, 6.07) is 15.6. The Balaban J connectivity index is 0.00000361. The summed E-state index contributed by atoms with van der Waals surface area (Å²) in [5.74, 6) is -0.294. The molecule has 0 aliphatic rings. The van der Waals surface area contributed by atoms with Gasteiger partial charge in [0.1, 0.15) is 22.0 Å². The molecule has 0 saturated carbocycles. The van der Waals surface area contributed by atoms with Crippen LogP contribution in [0.4, 0.5) is 22.7 Å². The number of azo groups is 1. The first-order valence-electron chi connectivity index (χ1n) is 9.85. The number of phenols is 2. The van der Waals surface area contributed by atoms with Gasteiger partial charge in [-0.05, 0) is 66.0 Å². The van der Waals surface area contributed by atoms with Crippen molar-refractivity contribution in [3.63, 3.8) is 0 Å². The molecule has 4 rings (SSSR count). The summed E-state index contributed by atoms with van der Waals surface area (Å²) in [6.07, 6.45) is 0. The van der Waals surface area contributed by atoms with Crippen LogP contribution in [0.2, 0.25) is 10.0 Å². The number of phenolic OH excluding ortho intramolecular Hbond substituents is 2. The second-order valence-corrected chi connectivity index (χ2v) is 9.53. The quantitative estimate of drug-likeness (QED) is 0.119. The number of anilines is 2. The molecule has 1 radical (unpaired) electrons. The zero-order valence-electron chi connectivity index (χ0n) is 18.9. The van der Waals surface area contributed by atoms with Gasteiger partial charge in [-0.2, -0.15) is 8.42 Å². The summed E-state index contributed by atoms with van der Waals surface area (Å²) in [4.78, 5) is -0.680. The molecule has 4 aromatic rings. The monoisotopic (exact) mass is 556 g/mol. The van der Waals surface area contributed by atoms with Crippen LogP contribution < -0.4 is 10.1 Å². The molecule has 0 heterocycles. The Bertz CT molecular complexity index is 1580. The molecule has 0 saturated heterocycles. The van der Waals surface area contributed by atoms with Gasteiger partial charge in [-0.3, -0.25) is 4.55 Å². The molecule has 0 fully saturated rings. The van der Waals surface area contributed by atoms with E-state index in [2.05, 4.69) is 15.5 Å². The van der Waals surface area contributed by atoms with Gasteiger partial charge in [0.2, 0.25) is 0 Å². The Morgan fingerprint density at radius 2 is 1.56 bits per heavy atom. The van der Waals surface area contributed by atoms with Crippen LogP contribution in [0.5, 0.6) is 17.2 Å². The standard InChI is InChI=1S/C23H17Cl2N3O6S.Na/c1-34-16-5-2-14(3-6-16)26-15-4-7-17-12(8-15)9-20(35(31,32)33)21(22(17)29)28-27-19-11-13(24)10-18(25)23(19)30;/h2-11,26,29-30H,1H3,(H,31,32,33);. The van der Waals surface area contributed by atoms with Crippen molar-refractivity contribution >= 4 is 96.4 Å². The van der Waals surface area contributed by atoms with Gasteiger partial charge < -0.3 is 20.3 Å². The Labute approximate surface area is 238 Å². The summed E-state index contributed by atoms with van der Waals surface area (Å²) in [6.45, 7) is 0. The molecule has 0 bridgehead atoms. The summed E-state index contributed by atoms with van der Waals surface area (Å²) < 4.78 is 39.1. The van der Waals surface area contributed by atoms with Crippen LogP contribution in [0, 0.1) is 0 Å². The minimum absolute atomic E-state index is 0. The number of halogens is 2. The summed E-state index contributed by atoms with van der Waals surface area (Å²) in [5.41, 5.74) is 0.652. The van der Waals surface area contributed by atoms with Crippen molar-refractivity contribution in [1.82, 2.24) is 0 Å². The van der Waals surface area contributed by atoms with Gasteiger partial charge in [-0.25, -0.2) is 0 Å². The Kier molecular flexibility index (Phi) is 8.73. The summed E-state index contributed by atoms with van der Waals surface area (Å²) in [5, 5.41) is 32.2. The first-order chi connectivity index (χ1) is 16.6. The number of aromatic hydroxyl groups is 2. The van der Waals surface area contributed by atoms with E-state index in [9.17, 15) is 23.2 Å². The average Bonchev–Trinajstić information content (AvgIpc) is 2.81. The van der Waals surface area contributed by atoms with Crippen LogP contribution in [-0.2, 0) is 10.1 Å². The SMILES string of the molecule is COc1ccc(Nc2ccc3c(O)c(N=Nc4cc(Cl)cc(Cl)c4O)c(S(=O)(=O)O)cc3c2)cc1.[Na]. The molecular formula is C23H17Cl2N3NaO6S. The number of nitrogens with zero attached hydrogens (tertiary/aromatic N) is 2. The fraction of sp³-hybridized carbons (Fsp3) is 0.0435. The van der Waals surface area contributed by atoms with Gasteiger partial charge in [0.05, 0.1) is 12.1 Å². The number of benzene rings is 4. The van der Waals surface area contributed by atoms with E-state index in [0.717, 1.165) is 11.8 Å². The third-order valence-electron chi connectivity index (χ3n) is 4.97. The predicted octanol–water partition coefficient (Wildman–Crippen LogP) is 6.59. The number of hydrogen-bond donors (Lipinski definition) is 4. The van der Waals surface area contributed by atoms with Crippen molar-refractivity contribution in [1.29, 1.82) is 0 Å². The van der Waals surface area contributed by atoms with E-state index in [0.29, 0.717) is 16.8 Å². The normalized spacial score (nSPS) is 11.4. The first kappa shape index (κ1) is 28.0. The molecule has 0 amide bonds. The van der Waals surface area contributed by atoms with Gasteiger partial charge in [0, 0.05) is 51.3 Å². The van der Waals surface area contributed by atoms with Crippen LogP contribution >= 0.6 is 23.2 Å². The van der Waals surface area contributed by atoms with Crippen molar-refractivity contribution in [3.8, 4) is 17.2 Å². The van der Waals surface area contributed by atoms with E-state index < -0.39 is 32.2 Å². The van der Waals surface area contributed by atoms with Crippen LogP contribution in [-0.4, -0.2) is 59.9 Å². The van der Waals surface area contributed by atoms with Crippen molar-refractivity contribution in [2.24, 2.45) is 10.2 Å². The third-order valence-corrected chi connectivity index (χ3v) is 6.35. The van der Waals surface area contributed by atoms with Crippen LogP contribution in [0.25, 0.3) is 10.8 Å². The molecule has 0 unspecified atom stereocenters. The number of methoxy groups -OCH3 is 1. The number of ether oxygens (including phenoxy) is 1. The molecule has 0 aliphatic heterocycles. The van der Waals surface area contributed by atoms with Crippen molar-refractivity contribution in [2.75, 3.05) is 12.4 Å². The Morgan fingerprint density at radius 3 is 2.19 bits per heavy atom. The maximum Gasteiger partial charge on any atom is 0.296 e. The van der Waals surface area contributed by atoms with Crippen LogP contribution in [0.15, 0.2) is 75.8 Å². The number of rotatable bonds is 6. The first-order valence-corrected chi connectivity index (χ1v) is 12.0. The third kappa shape index (κ3) is 6.04. The number of fused-ring (bicyclic) bond motifs is 1. The second kappa shape index (κ2) is 11.2. The van der Waals surface area contributed by atoms with Crippen molar-refractivity contribution in [2.45, 2.75) is 4.90 Å².